The SMILES string of the molecule is CN1[C@@H](c2ccccc2)SC2(c3ccccc3Sc3ccccc32)[C@@H]1c1ccccc1. The number of nitrogens with zero attached hydrogens (tertiary/aromatic N) is 1. The van der Waals surface area contributed by atoms with Gasteiger partial charge in [0.05, 0.1) is 16.2 Å². The maximum atomic E-state index is 2.58. The van der Waals surface area contributed by atoms with Gasteiger partial charge < -0.3 is 0 Å². The van der Waals surface area contributed by atoms with Crippen LogP contribution in [0.4, 0.5) is 0 Å². The minimum absolute atomic E-state index is 0.172. The van der Waals surface area contributed by atoms with Crippen molar-refractivity contribution in [2.75, 3.05) is 7.05 Å². The van der Waals surface area contributed by atoms with Crippen molar-refractivity contribution in [2.45, 2.75) is 26.0 Å². The Bertz CT molecular complexity index is 1180. The third-order valence-electron chi connectivity index (χ3n) is 6.45. The molecule has 1 spiro atoms. The summed E-state index contributed by atoms with van der Waals surface area (Å²) < 4.78 is -0.172. The molecule has 2 aliphatic heterocycles. The zero-order chi connectivity index (χ0) is 20.8. The molecule has 0 radical (unpaired) electrons. The van der Waals surface area contributed by atoms with Gasteiger partial charge >= 0.3 is 0 Å². The number of benzene rings is 4. The topological polar surface area (TPSA) is 3.24 Å². The largest absolute Gasteiger partial charge is 0.282 e. The molecule has 3 heteroatoms. The average Bonchev–Trinajstić information content (AvgIpc) is 3.14. The lowest BCUT2D eigenvalue weighted by molar-refractivity contribution is 0.224. The van der Waals surface area contributed by atoms with E-state index < -0.39 is 0 Å². The summed E-state index contributed by atoms with van der Waals surface area (Å²) >= 11 is 4.00. The first-order valence-corrected chi connectivity index (χ1v) is 12.3. The molecule has 2 atom stereocenters. The number of fused-ring (bicyclic) bond motifs is 4. The second kappa shape index (κ2) is 7.59. The molecule has 4 aromatic carbocycles. The fourth-order valence-corrected chi connectivity index (χ4v) is 8.49. The van der Waals surface area contributed by atoms with E-state index in [1.54, 1.807) is 0 Å². The van der Waals surface area contributed by atoms with Gasteiger partial charge in [-0.15, -0.1) is 11.8 Å². The molecule has 6 rings (SSSR count). The normalized spacial score (nSPS) is 21.6. The van der Waals surface area contributed by atoms with E-state index in [9.17, 15) is 0 Å². The Kier molecular flexibility index (Phi) is 4.71. The van der Waals surface area contributed by atoms with E-state index in [-0.39, 0.29) is 16.2 Å². The van der Waals surface area contributed by atoms with Crippen LogP contribution in [-0.2, 0) is 4.75 Å². The summed E-state index contributed by atoms with van der Waals surface area (Å²) in [5, 5.41) is 0.274. The Balaban J connectivity index is 1.65. The lowest BCUT2D eigenvalue weighted by Crippen LogP contribution is -2.36. The summed E-state index contributed by atoms with van der Waals surface area (Å²) in [6.07, 6.45) is 0. The van der Waals surface area contributed by atoms with Gasteiger partial charge in [-0.2, -0.15) is 0 Å². The van der Waals surface area contributed by atoms with Crippen molar-refractivity contribution in [3.05, 3.63) is 131 Å². The molecular formula is C28H23NS2. The smallest absolute Gasteiger partial charge is 0.0894 e. The fourth-order valence-electron chi connectivity index (χ4n) is 5.18. The van der Waals surface area contributed by atoms with Crippen LogP contribution in [0, 0.1) is 0 Å². The minimum Gasteiger partial charge on any atom is -0.282 e. The summed E-state index contributed by atoms with van der Waals surface area (Å²) in [5.41, 5.74) is 5.60. The first kappa shape index (κ1) is 19.2. The molecule has 2 aliphatic rings. The first-order valence-electron chi connectivity index (χ1n) is 10.7. The van der Waals surface area contributed by atoms with Crippen molar-refractivity contribution in [2.24, 2.45) is 0 Å². The standard InChI is InChI=1S/C28H23NS2/c1-29-26(20-12-4-2-5-13-20)28(31-27(29)21-14-6-3-7-15-21)22-16-8-10-18-24(22)30-25-19-11-9-17-23(25)28/h2-19,26-27H,1H3/t26-,27+/m0/s1. The highest BCUT2D eigenvalue weighted by Gasteiger charge is 2.57. The average molecular weight is 438 g/mol. The van der Waals surface area contributed by atoms with Gasteiger partial charge in [-0.05, 0) is 41.4 Å². The molecule has 1 fully saturated rings. The molecule has 0 amide bonds. The summed E-state index contributed by atoms with van der Waals surface area (Å²) in [5.74, 6) is 0. The van der Waals surface area contributed by atoms with Gasteiger partial charge in [0.15, 0.2) is 0 Å². The van der Waals surface area contributed by atoms with E-state index in [2.05, 4.69) is 133 Å². The van der Waals surface area contributed by atoms with Gasteiger partial charge in [0.1, 0.15) is 0 Å². The maximum absolute atomic E-state index is 2.58. The maximum Gasteiger partial charge on any atom is 0.0894 e. The Morgan fingerprint density at radius 3 is 1.68 bits per heavy atom. The van der Waals surface area contributed by atoms with Crippen LogP contribution in [-0.4, -0.2) is 11.9 Å². The predicted molar refractivity (Wildman–Crippen MR) is 132 cm³/mol. The molecule has 2 heterocycles. The quantitative estimate of drug-likeness (QED) is 0.319. The Morgan fingerprint density at radius 1 is 0.613 bits per heavy atom. The molecule has 0 aliphatic carbocycles. The minimum atomic E-state index is -0.172. The van der Waals surface area contributed by atoms with E-state index in [4.69, 9.17) is 0 Å². The van der Waals surface area contributed by atoms with Crippen LogP contribution < -0.4 is 0 Å². The van der Waals surface area contributed by atoms with Crippen molar-refractivity contribution in [3.63, 3.8) is 0 Å². The predicted octanol–water partition coefficient (Wildman–Crippen LogP) is 7.51. The van der Waals surface area contributed by atoms with Gasteiger partial charge in [-0.25, -0.2) is 0 Å². The van der Waals surface area contributed by atoms with Crippen LogP contribution in [0.5, 0.6) is 0 Å². The lowest BCUT2D eigenvalue weighted by Gasteiger charge is -2.42. The second-order valence-corrected chi connectivity index (χ2v) is 10.6. The Labute approximate surface area is 192 Å². The summed E-state index contributed by atoms with van der Waals surface area (Å²) in [4.78, 5) is 5.33. The van der Waals surface area contributed by atoms with Crippen LogP contribution in [0.25, 0.3) is 0 Å². The molecule has 1 nitrogen and oxygen atoms in total. The van der Waals surface area contributed by atoms with E-state index in [1.807, 2.05) is 11.8 Å². The first-order chi connectivity index (χ1) is 15.3. The third kappa shape index (κ3) is 2.91. The fraction of sp³-hybridized carbons (Fsp3) is 0.143. The summed E-state index contributed by atoms with van der Waals surface area (Å²) in [6.45, 7) is 0. The zero-order valence-corrected chi connectivity index (χ0v) is 18.9. The molecule has 1 saturated heterocycles. The molecule has 0 saturated carbocycles. The van der Waals surface area contributed by atoms with Gasteiger partial charge in [0.25, 0.3) is 0 Å². The highest BCUT2D eigenvalue weighted by Crippen LogP contribution is 2.69. The van der Waals surface area contributed by atoms with Crippen molar-refractivity contribution in [1.29, 1.82) is 0 Å². The Morgan fingerprint density at radius 2 is 1.10 bits per heavy atom. The van der Waals surface area contributed by atoms with Gasteiger partial charge in [0, 0.05) is 9.79 Å². The van der Waals surface area contributed by atoms with Crippen molar-refractivity contribution in [1.82, 2.24) is 4.90 Å². The molecule has 31 heavy (non-hydrogen) atoms. The second-order valence-electron chi connectivity index (χ2n) is 8.19. The van der Waals surface area contributed by atoms with Crippen LogP contribution in [0.2, 0.25) is 0 Å². The molecular weight excluding hydrogens is 414 g/mol. The summed E-state index contributed by atoms with van der Waals surface area (Å²) in [7, 11) is 2.30. The van der Waals surface area contributed by atoms with Crippen LogP contribution in [0.15, 0.2) is 119 Å². The summed E-state index contributed by atoms with van der Waals surface area (Å²) in [6, 6.07) is 40.3. The molecule has 0 bridgehead atoms. The van der Waals surface area contributed by atoms with Crippen molar-refractivity contribution < 1.29 is 0 Å². The van der Waals surface area contributed by atoms with Crippen molar-refractivity contribution >= 4 is 23.5 Å². The van der Waals surface area contributed by atoms with Crippen molar-refractivity contribution in [3.8, 4) is 0 Å². The number of hydrogen-bond donors (Lipinski definition) is 0. The van der Waals surface area contributed by atoms with Gasteiger partial charge in [-0.1, -0.05) is 109 Å². The van der Waals surface area contributed by atoms with E-state index >= 15 is 0 Å². The highest BCUT2D eigenvalue weighted by molar-refractivity contribution is 8.02. The van der Waals surface area contributed by atoms with E-state index in [0.717, 1.165) is 0 Å². The molecule has 4 aromatic rings. The van der Waals surface area contributed by atoms with Gasteiger partial charge in [0.2, 0.25) is 0 Å². The van der Waals surface area contributed by atoms with Crippen LogP contribution in [0.1, 0.15) is 33.7 Å². The van der Waals surface area contributed by atoms with E-state index in [1.165, 1.54) is 32.0 Å². The Hall–Kier alpha value is -2.46. The van der Waals surface area contributed by atoms with Crippen LogP contribution in [0.3, 0.4) is 0 Å². The third-order valence-corrected chi connectivity index (χ3v) is 9.47. The lowest BCUT2D eigenvalue weighted by atomic mass is 9.79. The number of likely N-dealkylation sites (N-methyl/N-ethyl adjacent to an activating group) is 1. The number of rotatable bonds is 2. The molecule has 152 valence electrons. The zero-order valence-electron chi connectivity index (χ0n) is 17.3. The number of hydrogen-bond acceptors (Lipinski definition) is 3. The highest BCUT2D eigenvalue weighted by atomic mass is 32.2. The number of thioether (sulfide) groups is 1. The molecule has 0 aromatic heterocycles. The van der Waals surface area contributed by atoms with Gasteiger partial charge in [-0.3, -0.25) is 4.90 Å². The van der Waals surface area contributed by atoms with Crippen LogP contribution >= 0.6 is 23.5 Å². The molecule has 0 N–H and O–H groups in total. The molecule has 0 unspecified atom stereocenters. The monoisotopic (exact) mass is 437 g/mol. The van der Waals surface area contributed by atoms with E-state index in [0.29, 0.717) is 0 Å².